The summed E-state index contributed by atoms with van der Waals surface area (Å²) < 4.78 is 27.5. The van der Waals surface area contributed by atoms with E-state index < -0.39 is 13.1 Å². The molecule has 0 fully saturated rings. The van der Waals surface area contributed by atoms with Crippen molar-refractivity contribution >= 4 is 18.7 Å². The molecule has 0 unspecified atom stereocenters. The van der Waals surface area contributed by atoms with E-state index in [0.717, 1.165) is 5.52 Å². The molecule has 24 heavy (non-hydrogen) atoms. The molecule has 1 heterocycles. The van der Waals surface area contributed by atoms with Crippen molar-refractivity contribution in [2.45, 2.75) is 5.53 Å². The minimum absolute atomic E-state index is 0.195. The summed E-state index contributed by atoms with van der Waals surface area (Å²) in [7, 11) is -2.37. The van der Waals surface area contributed by atoms with Crippen molar-refractivity contribution in [3.8, 4) is 11.5 Å². The molecular formula is C16H16NO6P. The Kier molecular flexibility index (Phi) is 4.29. The number of fused-ring (bicyclic) bond motifs is 1. The maximum Gasteiger partial charge on any atom is 0.389 e. The van der Waals surface area contributed by atoms with Gasteiger partial charge < -0.3 is 23.7 Å². The van der Waals surface area contributed by atoms with Gasteiger partial charge in [-0.2, -0.15) is 0 Å². The van der Waals surface area contributed by atoms with Gasteiger partial charge in [0.2, 0.25) is 5.89 Å². The molecule has 0 atom stereocenters. The van der Waals surface area contributed by atoms with Crippen LogP contribution < -0.4 is 0 Å². The standard InChI is InChI=1S/C16H16NO6P/c1-21-16(22-2,24(18,19)20)12-9-7-11(8-10-12)15-17-13-5-3-4-6-14(13)23-15/h3-10H,1-2H3,(H2,18,19,20). The first-order chi connectivity index (χ1) is 11.4. The minimum Gasteiger partial charge on any atom is -0.436 e. The minimum atomic E-state index is -4.72. The number of benzene rings is 2. The molecule has 3 rings (SSSR count). The lowest BCUT2D eigenvalue weighted by atomic mass is 10.1. The summed E-state index contributed by atoms with van der Waals surface area (Å²) in [5, 5.41) is 0. The fraction of sp³-hybridized carbons (Fsp3) is 0.188. The van der Waals surface area contributed by atoms with Gasteiger partial charge in [-0.15, -0.1) is 0 Å². The van der Waals surface area contributed by atoms with Crippen LogP contribution in [0.3, 0.4) is 0 Å². The third kappa shape index (κ3) is 2.66. The predicted octanol–water partition coefficient (Wildman–Crippen LogP) is 3.08. The zero-order valence-corrected chi connectivity index (χ0v) is 13.9. The first kappa shape index (κ1) is 16.8. The Morgan fingerprint density at radius 2 is 1.67 bits per heavy atom. The molecular weight excluding hydrogens is 333 g/mol. The fourth-order valence-electron chi connectivity index (χ4n) is 2.54. The van der Waals surface area contributed by atoms with Crippen molar-refractivity contribution in [2.75, 3.05) is 14.2 Å². The number of aromatic nitrogens is 1. The molecule has 2 aromatic carbocycles. The number of hydrogen-bond acceptors (Lipinski definition) is 5. The van der Waals surface area contributed by atoms with Crippen LogP contribution in [0.1, 0.15) is 5.56 Å². The fourth-order valence-corrected chi connectivity index (χ4v) is 3.51. The largest absolute Gasteiger partial charge is 0.436 e. The maximum atomic E-state index is 11.8. The Morgan fingerprint density at radius 3 is 2.21 bits per heavy atom. The molecule has 0 spiro atoms. The summed E-state index contributed by atoms with van der Waals surface area (Å²) >= 11 is 0. The molecule has 126 valence electrons. The molecule has 0 saturated carbocycles. The van der Waals surface area contributed by atoms with Crippen molar-refractivity contribution < 1.29 is 28.2 Å². The van der Waals surface area contributed by atoms with E-state index in [2.05, 4.69) is 4.98 Å². The number of para-hydroxylation sites is 2. The highest BCUT2D eigenvalue weighted by atomic mass is 31.2. The van der Waals surface area contributed by atoms with Gasteiger partial charge in [-0.25, -0.2) is 4.98 Å². The molecule has 0 radical (unpaired) electrons. The van der Waals surface area contributed by atoms with E-state index in [4.69, 9.17) is 13.9 Å². The predicted molar refractivity (Wildman–Crippen MR) is 87.2 cm³/mol. The Bertz CT molecular complexity index is 861. The highest BCUT2D eigenvalue weighted by Gasteiger charge is 2.50. The molecule has 0 aliphatic heterocycles. The van der Waals surface area contributed by atoms with Gasteiger partial charge >= 0.3 is 7.60 Å². The number of methoxy groups -OCH3 is 2. The molecule has 0 aliphatic carbocycles. The van der Waals surface area contributed by atoms with Crippen LogP contribution in [0.5, 0.6) is 0 Å². The van der Waals surface area contributed by atoms with E-state index in [1.54, 1.807) is 12.1 Å². The van der Waals surface area contributed by atoms with Gasteiger partial charge in [0, 0.05) is 25.3 Å². The third-order valence-corrected chi connectivity index (χ3v) is 5.12. The van der Waals surface area contributed by atoms with Crippen LogP contribution in [0.4, 0.5) is 0 Å². The lowest BCUT2D eigenvalue weighted by Crippen LogP contribution is -2.30. The van der Waals surface area contributed by atoms with Gasteiger partial charge in [0.25, 0.3) is 5.53 Å². The Hall–Kier alpha value is -2.02. The quantitative estimate of drug-likeness (QED) is 0.539. The normalized spacial score (nSPS) is 12.7. The molecule has 0 saturated heterocycles. The van der Waals surface area contributed by atoms with Crippen molar-refractivity contribution in [2.24, 2.45) is 0 Å². The second-order valence-corrected chi connectivity index (χ2v) is 6.78. The molecule has 3 aromatic rings. The zero-order valence-electron chi connectivity index (χ0n) is 13.0. The van der Waals surface area contributed by atoms with Crippen molar-refractivity contribution in [3.63, 3.8) is 0 Å². The second-order valence-electron chi connectivity index (χ2n) is 5.10. The number of ether oxygens (including phenoxy) is 2. The molecule has 0 aliphatic rings. The van der Waals surface area contributed by atoms with E-state index in [9.17, 15) is 14.4 Å². The van der Waals surface area contributed by atoms with Crippen molar-refractivity contribution in [1.82, 2.24) is 4.98 Å². The van der Waals surface area contributed by atoms with Gasteiger partial charge in [-0.05, 0) is 24.3 Å². The summed E-state index contributed by atoms with van der Waals surface area (Å²) in [6.45, 7) is 0. The van der Waals surface area contributed by atoms with E-state index in [0.29, 0.717) is 17.0 Å². The summed E-state index contributed by atoms with van der Waals surface area (Å²) in [5.74, 6) is 0.416. The SMILES string of the molecule is COC(OC)(c1ccc(-c2nc3ccccc3o2)cc1)P(=O)(O)O. The number of rotatable bonds is 5. The molecule has 0 bridgehead atoms. The zero-order chi connectivity index (χ0) is 17.4. The molecule has 0 amide bonds. The highest BCUT2D eigenvalue weighted by molar-refractivity contribution is 7.52. The molecule has 7 nitrogen and oxygen atoms in total. The first-order valence-electron chi connectivity index (χ1n) is 7.04. The van der Waals surface area contributed by atoms with Crippen molar-refractivity contribution in [3.05, 3.63) is 54.1 Å². The van der Waals surface area contributed by atoms with Gasteiger partial charge in [-0.1, -0.05) is 24.3 Å². The van der Waals surface area contributed by atoms with Crippen LogP contribution in [-0.2, 0) is 19.6 Å². The Morgan fingerprint density at radius 1 is 1.04 bits per heavy atom. The average Bonchev–Trinajstić information content (AvgIpc) is 3.00. The van der Waals surface area contributed by atoms with Gasteiger partial charge in [0.1, 0.15) is 5.52 Å². The maximum absolute atomic E-state index is 11.8. The van der Waals surface area contributed by atoms with Crippen LogP contribution in [0, 0.1) is 0 Å². The van der Waals surface area contributed by atoms with Crippen LogP contribution in [0.2, 0.25) is 0 Å². The van der Waals surface area contributed by atoms with E-state index in [1.165, 1.54) is 26.4 Å². The van der Waals surface area contributed by atoms with Gasteiger partial charge in [-0.3, -0.25) is 4.57 Å². The summed E-state index contributed by atoms with van der Waals surface area (Å²) in [6, 6.07) is 13.7. The number of hydrogen-bond donors (Lipinski definition) is 2. The van der Waals surface area contributed by atoms with Crippen LogP contribution >= 0.6 is 7.60 Å². The molecule has 1 aromatic heterocycles. The van der Waals surface area contributed by atoms with Crippen LogP contribution in [0.15, 0.2) is 52.9 Å². The average molecular weight is 349 g/mol. The Labute approximate surface area is 138 Å². The van der Waals surface area contributed by atoms with E-state index >= 15 is 0 Å². The monoisotopic (exact) mass is 349 g/mol. The summed E-state index contributed by atoms with van der Waals surface area (Å²) in [6.07, 6.45) is 0. The van der Waals surface area contributed by atoms with Gasteiger partial charge in [0.05, 0.1) is 0 Å². The number of oxazole rings is 1. The lowest BCUT2D eigenvalue weighted by molar-refractivity contribution is -0.162. The summed E-state index contributed by atoms with van der Waals surface area (Å²) in [4.78, 5) is 23.6. The highest BCUT2D eigenvalue weighted by Crippen LogP contribution is 2.57. The van der Waals surface area contributed by atoms with E-state index in [1.807, 2.05) is 24.3 Å². The van der Waals surface area contributed by atoms with Crippen molar-refractivity contribution in [1.29, 1.82) is 0 Å². The van der Waals surface area contributed by atoms with Crippen LogP contribution in [-0.4, -0.2) is 29.0 Å². The first-order valence-corrected chi connectivity index (χ1v) is 8.65. The Balaban J connectivity index is 2.02. The lowest BCUT2D eigenvalue weighted by Gasteiger charge is -2.31. The van der Waals surface area contributed by atoms with Gasteiger partial charge in [0.15, 0.2) is 5.58 Å². The molecule has 2 N–H and O–H groups in total. The summed E-state index contributed by atoms with van der Waals surface area (Å²) in [5.41, 5.74) is 0.111. The molecule has 8 heteroatoms. The smallest absolute Gasteiger partial charge is 0.389 e. The topological polar surface area (TPSA) is 102 Å². The van der Waals surface area contributed by atoms with Crippen LogP contribution in [0.25, 0.3) is 22.6 Å². The number of nitrogens with zero attached hydrogens (tertiary/aromatic N) is 1. The second kappa shape index (κ2) is 6.12. The van der Waals surface area contributed by atoms with E-state index in [-0.39, 0.29) is 5.56 Å². The third-order valence-electron chi connectivity index (χ3n) is 3.73.